The lowest BCUT2D eigenvalue weighted by Gasteiger charge is -2.37. The van der Waals surface area contributed by atoms with Crippen molar-refractivity contribution in [1.82, 2.24) is 15.1 Å². The van der Waals surface area contributed by atoms with Gasteiger partial charge in [0.05, 0.1) is 23.4 Å². The highest BCUT2D eigenvalue weighted by atomic mass is 19.1. The molecule has 4 rings (SSSR count). The number of benzene rings is 2. The van der Waals surface area contributed by atoms with Gasteiger partial charge in [-0.2, -0.15) is 5.10 Å². The van der Waals surface area contributed by atoms with Crippen LogP contribution in [0.5, 0.6) is 5.75 Å². The molecule has 6 nitrogen and oxygen atoms in total. The highest BCUT2D eigenvalue weighted by molar-refractivity contribution is 6.00. The van der Waals surface area contributed by atoms with E-state index in [1.807, 2.05) is 43.7 Å². The molecule has 0 aliphatic carbocycles. The van der Waals surface area contributed by atoms with Gasteiger partial charge in [-0.3, -0.25) is 4.68 Å². The molecule has 1 unspecified atom stereocenters. The first-order chi connectivity index (χ1) is 13.4. The van der Waals surface area contributed by atoms with E-state index in [1.54, 1.807) is 12.3 Å². The second-order valence-electron chi connectivity index (χ2n) is 7.60. The lowest BCUT2D eigenvalue weighted by Crippen LogP contribution is -2.42. The summed E-state index contributed by atoms with van der Waals surface area (Å²) in [5, 5.41) is 11.2. The van der Waals surface area contributed by atoms with E-state index in [0.29, 0.717) is 17.9 Å². The highest BCUT2D eigenvalue weighted by Crippen LogP contribution is 2.39. The number of carbonyl (C=O) groups is 1. The summed E-state index contributed by atoms with van der Waals surface area (Å²) in [5.74, 6) is 0.104. The third-order valence-corrected chi connectivity index (χ3v) is 4.97. The third-order valence-electron chi connectivity index (χ3n) is 4.97. The molecule has 0 saturated heterocycles. The number of rotatable bonds is 3. The predicted molar refractivity (Wildman–Crippen MR) is 106 cm³/mol. The van der Waals surface area contributed by atoms with Crippen LogP contribution in [0.1, 0.15) is 38.8 Å². The molecule has 7 heteroatoms. The van der Waals surface area contributed by atoms with Crippen molar-refractivity contribution in [3.63, 3.8) is 0 Å². The van der Waals surface area contributed by atoms with Gasteiger partial charge in [0.25, 0.3) is 0 Å². The number of halogens is 1. The molecular formula is C21H23FN4O2. The number of aryl methyl sites for hydroxylation is 1. The third kappa shape index (κ3) is 3.40. The maximum absolute atomic E-state index is 13.6. The van der Waals surface area contributed by atoms with E-state index in [0.717, 1.165) is 23.0 Å². The van der Waals surface area contributed by atoms with Crippen LogP contribution in [0.2, 0.25) is 0 Å². The Bertz CT molecular complexity index is 1040. The topological polar surface area (TPSA) is 68.2 Å². The molecule has 2 aromatic carbocycles. The molecule has 146 valence electrons. The predicted octanol–water partition coefficient (Wildman–Crippen LogP) is 4.62. The average Bonchev–Trinajstić information content (AvgIpc) is 3.04. The van der Waals surface area contributed by atoms with Crippen molar-refractivity contribution < 1.29 is 13.9 Å². The van der Waals surface area contributed by atoms with Gasteiger partial charge < -0.3 is 15.4 Å². The van der Waals surface area contributed by atoms with Crippen LogP contribution in [0.3, 0.4) is 0 Å². The summed E-state index contributed by atoms with van der Waals surface area (Å²) in [6.45, 7) is 6.62. The number of hydrogen-bond donors (Lipinski definition) is 2. The first-order valence-corrected chi connectivity index (χ1v) is 9.37. The van der Waals surface area contributed by atoms with E-state index in [-0.39, 0.29) is 17.9 Å². The second-order valence-corrected chi connectivity index (χ2v) is 7.60. The number of fused-ring (bicyclic) bond motifs is 2. The van der Waals surface area contributed by atoms with Gasteiger partial charge in [-0.05, 0) is 39.0 Å². The Kier molecular flexibility index (Phi) is 4.45. The Labute approximate surface area is 162 Å². The second kappa shape index (κ2) is 6.82. The molecule has 0 spiro atoms. The van der Waals surface area contributed by atoms with Crippen LogP contribution < -0.4 is 15.4 Å². The fourth-order valence-corrected chi connectivity index (χ4v) is 3.74. The maximum Gasteiger partial charge on any atom is 0.319 e. The first-order valence-electron chi connectivity index (χ1n) is 9.37. The van der Waals surface area contributed by atoms with Crippen LogP contribution in [0.4, 0.5) is 14.9 Å². The first kappa shape index (κ1) is 18.3. The molecule has 1 aliphatic rings. The number of nitrogens with zero attached hydrogens (tertiary/aromatic N) is 2. The lowest BCUT2D eigenvalue weighted by atomic mass is 9.90. The smallest absolute Gasteiger partial charge is 0.319 e. The van der Waals surface area contributed by atoms with Crippen molar-refractivity contribution in [3.8, 4) is 5.75 Å². The lowest BCUT2D eigenvalue weighted by molar-refractivity contribution is 0.0678. The Morgan fingerprint density at radius 2 is 2.18 bits per heavy atom. The minimum absolute atomic E-state index is 0.281. The summed E-state index contributed by atoms with van der Waals surface area (Å²) in [5.41, 5.74) is 1.92. The molecule has 28 heavy (non-hydrogen) atoms. The summed E-state index contributed by atoms with van der Waals surface area (Å²) in [4.78, 5) is 12.7. The van der Waals surface area contributed by atoms with Crippen LogP contribution in [0.15, 0.2) is 42.6 Å². The number of aromatic nitrogens is 2. The van der Waals surface area contributed by atoms with Crippen molar-refractivity contribution in [2.75, 3.05) is 5.32 Å². The van der Waals surface area contributed by atoms with E-state index in [4.69, 9.17) is 4.74 Å². The fourth-order valence-electron chi connectivity index (χ4n) is 3.74. The summed E-state index contributed by atoms with van der Waals surface area (Å²) in [6.07, 6.45) is 2.33. The number of amides is 2. The Morgan fingerprint density at radius 3 is 2.96 bits per heavy atom. The molecule has 2 N–H and O–H groups in total. The normalized spacial score (nSPS) is 17.6. The number of hydrogen-bond acceptors (Lipinski definition) is 3. The zero-order valence-electron chi connectivity index (χ0n) is 16.1. The van der Waals surface area contributed by atoms with Gasteiger partial charge in [0.1, 0.15) is 17.2 Å². The van der Waals surface area contributed by atoms with Crippen molar-refractivity contribution in [3.05, 3.63) is 54.0 Å². The van der Waals surface area contributed by atoms with Crippen LogP contribution >= 0.6 is 0 Å². The monoisotopic (exact) mass is 382 g/mol. The molecule has 0 fully saturated rings. The fraction of sp³-hybridized carbons (Fsp3) is 0.333. The van der Waals surface area contributed by atoms with E-state index in [2.05, 4.69) is 15.7 Å². The van der Waals surface area contributed by atoms with E-state index in [9.17, 15) is 9.18 Å². The quantitative estimate of drug-likeness (QED) is 0.695. The summed E-state index contributed by atoms with van der Waals surface area (Å²) in [7, 11) is 0. The van der Waals surface area contributed by atoms with Gasteiger partial charge in [0, 0.05) is 30.0 Å². The van der Waals surface area contributed by atoms with Gasteiger partial charge in [-0.1, -0.05) is 12.1 Å². The zero-order chi connectivity index (χ0) is 19.9. The summed E-state index contributed by atoms with van der Waals surface area (Å²) >= 11 is 0. The van der Waals surface area contributed by atoms with Gasteiger partial charge >= 0.3 is 6.03 Å². The molecule has 0 radical (unpaired) electrons. The molecule has 0 bridgehead atoms. The van der Waals surface area contributed by atoms with Gasteiger partial charge in [-0.25, -0.2) is 9.18 Å². The average molecular weight is 382 g/mol. The van der Waals surface area contributed by atoms with Gasteiger partial charge in [-0.15, -0.1) is 0 Å². The van der Waals surface area contributed by atoms with Crippen LogP contribution in [0.25, 0.3) is 10.9 Å². The molecule has 1 atom stereocenters. The molecule has 0 saturated carbocycles. The molecule has 2 heterocycles. The van der Waals surface area contributed by atoms with E-state index in [1.165, 1.54) is 12.1 Å². The highest BCUT2D eigenvalue weighted by Gasteiger charge is 2.34. The summed E-state index contributed by atoms with van der Waals surface area (Å²) in [6, 6.07) is 9.52. The standard InChI is InChI=1S/C21H23FN4O2/c1-4-26-18-7-5-6-16(15(18)12-23-26)24-20(27)25-17-11-21(2,3)28-19-10-13(22)8-9-14(17)19/h5-10,12,17H,4,11H2,1-3H3,(H2,24,25,27). The number of nitrogens with one attached hydrogen (secondary N) is 2. The number of ether oxygens (including phenoxy) is 1. The van der Waals surface area contributed by atoms with Crippen molar-refractivity contribution >= 4 is 22.6 Å². The minimum atomic E-state index is -0.513. The Morgan fingerprint density at radius 1 is 1.36 bits per heavy atom. The Hall–Kier alpha value is -3.09. The molecule has 1 aromatic heterocycles. The van der Waals surface area contributed by atoms with Crippen LogP contribution in [-0.4, -0.2) is 21.4 Å². The van der Waals surface area contributed by atoms with Crippen molar-refractivity contribution in [2.24, 2.45) is 0 Å². The SMILES string of the molecule is CCn1ncc2c(NC(=O)NC3CC(C)(C)Oc4cc(F)ccc43)cccc21. The number of urea groups is 1. The molecule has 3 aromatic rings. The molecule has 1 aliphatic heterocycles. The van der Waals surface area contributed by atoms with Crippen LogP contribution in [-0.2, 0) is 6.54 Å². The van der Waals surface area contributed by atoms with Gasteiger partial charge in [0.15, 0.2) is 0 Å². The van der Waals surface area contributed by atoms with Gasteiger partial charge in [0.2, 0.25) is 0 Å². The van der Waals surface area contributed by atoms with E-state index >= 15 is 0 Å². The summed E-state index contributed by atoms with van der Waals surface area (Å²) < 4.78 is 21.4. The zero-order valence-corrected chi connectivity index (χ0v) is 16.1. The number of carbonyl (C=O) groups excluding carboxylic acids is 1. The van der Waals surface area contributed by atoms with Crippen molar-refractivity contribution in [2.45, 2.75) is 45.4 Å². The largest absolute Gasteiger partial charge is 0.487 e. The maximum atomic E-state index is 13.6. The van der Waals surface area contributed by atoms with Crippen LogP contribution in [0, 0.1) is 5.82 Å². The molecule has 2 amide bonds. The van der Waals surface area contributed by atoms with E-state index < -0.39 is 5.60 Å². The van der Waals surface area contributed by atoms with Crippen molar-refractivity contribution in [1.29, 1.82) is 0 Å². The minimum Gasteiger partial charge on any atom is -0.487 e. The Balaban J connectivity index is 1.57. The molecular weight excluding hydrogens is 359 g/mol. The number of anilines is 1.